The van der Waals surface area contributed by atoms with Crippen molar-refractivity contribution in [3.8, 4) is 0 Å². The molecule has 3 N–H and O–H groups in total. The Hall–Kier alpha value is -1.88. The highest BCUT2D eigenvalue weighted by Crippen LogP contribution is 2.13. The van der Waals surface area contributed by atoms with Crippen molar-refractivity contribution < 1.29 is 9.59 Å². The summed E-state index contributed by atoms with van der Waals surface area (Å²) in [6.45, 7) is 6.33. The number of hydrogen-bond donors (Lipinski definition) is 3. The average Bonchev–Trinajstić information content (AvgIpc) is 2.40. The predicted octanol–water partition coefficient (Wildman–Crippen LogP) is 2.36. The van der Waals surface area contributed by atoms with Crippen molar-refractivity contribution in [1.29, 1.82) is 0 Å². The third kappa shape index (κ3) is 6.33. The van der Waals surface area contributed by atoms with Crippen LogP contribution in [0.2, 0.25) is 0 Å². The van der Waals surface area contributed by atoms with Crippen LogP contribution in [0.3, 0.4) is 0 Å². The SMILES string of the molecule is CCC(C)NCCC(=O)Nc1ccc(NC(C)=O)cc1. The van der Waals surface area contributed by atoms with Gasteiger partial charge in [-0.3, -0.25) is 9.59 Å². The zero-order chi connectivity index (χ0) is 15.0. The summed E-state index contributed by atoms with van der Waals surface area (Å²) in [4.78, 5) is 22.6. The molecule has 1 aromatic carbocycles. The lowest BCUT2D eigenvalue weighted by Gasteiger charge is -2.11. The van der Waals surface area contributed by atoms with E-state index in [1.165, 1.54) is 6.92 Å². The van der Waals surface area contributed by atoms with E-state index in [1.807, 2.05) is 0 Å². The molecule has 0 aliphatic heterocycles. The lowest BCUT2D eigenvalue weighted by molar-refractivity contribution is -0.116. The monoisotopic (exact) mass is 277 g/mol. The lowest BCUT2D eigenvalue weighted by Crippen LogP contribution is -2.28. The number of carbonyl (C=O) groups excluding carboxylic acids is 2. The predicted molar refractivity (Wildman–Crippen MR) is 81.7 cm³/mol. The molecule has 1 unspecified atom stereocenters. The molecule has 0 fully saturated rings. The van der Waals surface area contributed by atoms with E-state index in [0.717, 1.165) is 12.1 Å². The maximum absolute atomic E-state index is 11.7. The lowest BCUT2D eigenvalue weighted by atomic mass is 10.2. The van der Waals surface area contributed by atoms with Gasteiger partial charge < -0.3 is 16.0 Å². The molecule has 1 atom stereocenters. The third-order valence-electron chi connectivity index (χ3n) is 2.95. The Bertz CT molecular complexity index is 443. The van der Waals surface area contributed by atoms with Crippen LogP contribution in [0.5, 0.6) is 0 Å². The smallest absolute Gasteiger partial charge is 0.225 e. The fourth-order valence-corrected chi connectivity index (χ4v) is 1.64. The Morgan fingerprint density at radius 1 is 1.10 bits per heavy atom. The van der Waals surface area contributed by atoms with Crippen LogP contribution >= 0.6 is 0 Å². The number of benzene rings is 1. The molecule has 0 aliphatic rings. The van der Waals surface area contributed by atoms with Crippen LogP contribution in [0.1, 0.15) is 33.6 Å². The maximum Gasteiger partial charge on any atom is 0.225 e. The molecule has 5 heteroatoms. The number of hydrogen-bond acceptors (Lipinski definition) is 3. The molecule has 2 amide bonds. The normalized spacial score (nSPS) is 11.8. The van der Waals surface area contributed by atoms with Gasteiger partial charge in [-0.2, -0.15) is 0 Å². The van der Waals surface area contributed by atoms with Crippen LogP contribution in [0.25, 0.3) is 0 Å². The fraction of sp³-hybridized carbons (Fsp3) is 0.467. The van der Waals surface area contributed by atoms with E-state index < -0.39 is 0 Å². The van der Waals surface area contributed by atoms with Gasteiger partial charge in [-0.05, 0) is 37.6 Å². The minimum Gasteiger partial charge on any atom is -0.326 e. The fourth-order valence-electron chi connectivity index (χ4n) is 1.64. The molecule has 0 saturated carbocycles. The van der Waals surface area contributed by atoms with E-state index in [1.54, 1.807) is 24.3 Å². The number of anilines is 2. The van der Waals surface area contributed by atoms with E-state index in [2.05, 4.69) is 29.8 Å². The van der Waals surface area contributed by atoms with E-state index in [-0.39, 0.29) is 11.8 Å². The van der Waals surface area contributed by atoms with E-state index in [0.29, 0.717) is 24.7 Å². The molecule has 0 aliphatic carbocycles. The Morgan fingerprint density at radius 3 is 2.15 bits per heavy atom. The Kier molecular flexibility index (Phi) is 6.73. The molecule has 0 bridgehead atoms. The first-order valence-corrected chi connectivity index (χ1v) is 6.92. The summed E-state index contributed by atoms with van der Waals surface area (Å²) in [5.41, 5.74) is 1.45. The second-order valence-electron chi connectivity index (χ2n) is 4.82. The second kappa shape index (κ2) is 8.32. The van der Waals surface area contributed by atoms with Gasteiger partial charge in [-0.25, -0.2) is 0 Å². The zero-order valence-electron chi connectivity index (χ0n) is 12.3. The minimum absolute atomic E-state index is 0.0203. The molecular weight excluding hydrogens is 254 g/mol. The van der Waals surface area contributed by atoms with Gasteiger partial charge in [0.15, 0.2) is 0 Å². The summed E-state index contributed by atoms with van der Waals surface area (Å²) in [6.07, 6.45) is 1.49. The Labute approximate surface area is 120 Å². The van der Waals surface area contributed by atoms with Crippen molar-refractivity contribution in [2.24, 2.45) is 0 Å². The Morgan fingerprint density at radius 2 is 1.65 bits per heavy atom. The van der Waals surface area contributed by atoms with Crippen molar-refractivity contribution in [2.75, 3.05) is 17.2 Å². The van der Waals surface area contributed by atoms with Crippen LogP contribution < -0.4 is 16.0 Å². The molecule has 20 heavy (non-hydrogen) atoms. The highest BCUT2D eigenvalue weighted by Gasteiger charge is 2.04. The molecule has 0 saturated heterocycles. The molecule has 0 aromatic heterocycles. The first-order chi connectivity index (χ1) is 9.51. The average molecular weight is 277 g/mol. The zero-order valence-corrected chi connectivity index (χ0v) is 12.3. The topological polar surface area (TPSA) is 70.2 Å². The number of nitrogens with one attached hydrogen (secondary N) is 3. The number of amides is 2. The van der Waals surface area contributed by atoms with Gasteiger partial charge >= 0.3 is 0 Å². The number of carbonyl (C=O) groups is 2. The summed E-state index contributed by atoms with van der Waals surface area (Å²) in [5.74, 6) is -0.133. The summed E-state index contributed by atoms with van der Waals surface area (Å²) in [7, 11) is 0. The van der Waals surface area contributed by atoms with Crippen LogP contribution in [0.4, 0.5) is 11.4 Å². The van der Waals surface area contributed by atoms with Gasteiger partial charge in [0, 0.05) is 37.3 Å². The second-order valence-corrected chi connectivity index (χ2v) is 4.82. The molecule has 1 rings (SSSR count). The molecule has 1 aromatic rings. The van der Waals surface area contributed by atoms with Crippen LogP contribution in [0, 0.1) is 0 Å². The molecule has 0 heterocycles. The van der Waals surface area contributed by atoms with Gasteiger partial charge in [-0.15, -0.1) is 0 Å². The molecule has 0 spiro atoms. The van der Waals surface area contributed by atoms with Crippen LogP contribution in [-0.4, -0.2) is 24.4 Å². The van der Waals surface area contributed by atoms with E-state index >= 15 is 0 Å². The van der Waals surface area contributed by atoms with Gasteiger partial charge in [0.2, 0.25) is 11.8 Å². The molecule has 0 radical (unpaired) electrons. The van der Waals surface area contributed by atoms with Crippen LogP contribution in [-0.2, 0) is 9.59 Å². The minimum atomic E-state index is -0.113. The first-order valence-electron chi connectivity index (χ1n) is 6.92. The highest BCUT2D eigenvalue weighted by atomic mass is 16.2. The number of rotatable bonds is 7. The van der Waals surface area contributed by atoms with Gasteiger partial charge in [0.25, 0.3) is 0 Å². The molecule has 5 nitrogen and oxygen atoms in total. The van der Waals surface area contributed by atoms with Gasteiger partial charge in [0.1, 0.15) is 0 Å². The van der Waals surface area contributed by atoms with Crippen molar-refractivity contribution >= 4 is 23.2 Å². The van der Waals surface area contributed by atoms with Crippen molar-refractivity contribution in [3.63, 3.8) is 0 Å². The van der Waals surface area contributed by atoms with Crippen molar-refractivity contribution in [3.05, 3.63) is 24.3 Å². The maximum atomic E-state index is 11.7. The van der Waals surface area contributed by atoms with E-state index in [9.17, 15) is 9.59 Å². The van der Waals surface area contributed by atoms with Crippen molar-refractivity contribution in [2.45, 2.75) is 39.7 Å². The van der Waals surface area contributed by atoms with Gasteiger partial charge in [0.05, 0.1) is 0 Å². The van der Waals surface area contributed by atoms with Crippen molar-refractivity contribution in [1.82, 2.24) is 5.32 Å². The van der Waals surface area contributed by atoms with Gasteiger partial charge in [-0.1, -0.05) is 6.92 Å². The molecule has 110 valence electrons. The quantitative estimate of drug-likeness (QED) is 0.716. The third-order valence-corrected chi connectivity index (χ3v) is 2.95. The van der Waals surface area contributed by atoms with Crippen LogP contribution in [0.15, 0.2) is 24.3 Å². The Balaban J connectivity index is 2.36. The van der Waals surface area contributed by atoms with E-state index in [4.69, 9.17) is 0 Å². The summed E-state index contributed by atoms with van der Waals surface area (Å²) in [5, 5.41) is 8.77. The largest absolute Gasteiger partial charge is 0.326 e. The molecular formula is C15H23N3O2. The standard InChI is InChI=1S/C15H23N3O2/c1-4-11(2)16-10-9-15(20)18-14-7-5-13(6-8-14)17-12(3)19/h5-8,11,16H,4,9-10H2,1-3H3,(H,17,19)(H,18,20). The highest BCUT2D eigenvalue weighted by molar-refractivity contribution is 5.92. The summed E-state index contributed by atoms with van der Waals surface area (Å²) >= 11 is 0. The first kappa shape index (κ1) is 16.2. The summed E-state index contributed by atoms with van der Waals surface area (Å²) in [6, 6.07) is 7.49. The summed E-state index contributed by atoms with van der Waals surface area (Å²) < 4.78 is 0.